The first-order chi connectivity index (χ1) is 9.34. The van der Waals surface area contributed by atoms with Crippen LogP contribution in [0.3, 0.4) is 0 Å². The Kier molecular flexibility index (Phi) is 3.28. The average molecular weight is 269 g/mol. The number of nitrogens with zero attached hydrogens (tertiary/aromatic N) is 4. The molecule has 0 fully saturated rings. The lowest BCUT2D eigenvalue weighted by Crippen LogP contribution is -2.19. The quantitative estimate of drug-likeness (QED) is 0.893. The summed E-state index contributed by atoms with van der Waals surface area (Å²) >= 11 is 0. The molecule has 0 atom stereocenters. The second-order valence-corrected chi connectivity index (χ2v) is 5.47. The van der Waals surface area contributed by atoms with Gasteiger partial charge in [-0.1, -0.05) is 26.0 Å². The first-order valence-electron chi connectivity index (χ1n) is 6.11. The summed E-state index contributed by atoms with van der Waals surface area (Å²) < 4.78 is 1.61. The van der Waals surface area contributed by atoms with E-state index in [9.17, 15) is 4.79 Å². The number of nitrogens with two attached hydrogens (primary N) is 1. The van der Waals surface area contributed by atoms with Crippen LogP contribution < -0.4 is 5.73 Å². The molecular formula is C14H15N5O. The van der Waals surface area contributed by atoms with Crippen LogP contribution in [-0.2, 0) is 5.41 Å². The summed E-state index contributed by atoms with van der Waals surface area (Å²) in [6.45, 7) is 5.96. The summed E-state index contributed by atoms with van der Waals surface area (Å²) in [7, 11) is 0. The minimum atomic E-state index is -0.483. The van der Waals surface area contributed by atoms with Gasteiger partial charge in [0.2, 0.25) is 5.91 Å². The molecule has 2 rings (SSSR count). The Labute approximate surface area is 116 Å². The normalized spacial score (nSPS) is 11.1. The third kappa shape index (κ3) is 2.38. The van der Waals surface area contributed by atoms with Crippen LogP contribution in [0.1, 0.15) is 42.5 Å². The zero-order valence-electron chi connectivity index (χ0n) is 11.6. The first-order valence-corrected chi connectivity index (χ1v) is 6.11. The van der Waals surface area contributed by atoms with Crippen molar-refractivity contribution in [1.82, 2.24) is 15.0 Å². The Bertz CT molecular complexity index is 686. The minimum absolute atomic E-state index is 0.281. The lowest BCUT2D eigenvalue weighted by atomic mass is 9.90. The van der Waals surface area contributed by atoms with E-state index in [2.05, 4.69) is 16.4 Å². The van der Waals surface area contributed by atoms with E-state index < -0.39 is 5.91 Å². The van der Waals surface area contributed by atoms with Gasteiger partial charge in [-0.25, -0.2) is 4.68 Å². The van der Waals surface area contributed by atoms with Gasteiger partial charge in [0, 0.05) is 11.0 Å². The third-order valence-electron chi connectivity index (χ3n) is 2.88. The van der Waals surface area contributed by atoms with E-state index in [4.69, 9.17) is 11.0 Å². The Hall–Kier alpha value is -2.68. The second kappa shape index (κ2) is 4.78. The van der Waals surface area contributed by atoms with Crippen molar-refractivity contribution < 1.29 is 4.79 Å². The van der Waals surface area contributed by atoms with E-state index >= 15 is 0 Å². The molecule has 20 heavy (non-hydrogen) atoms. The first kappa shape index (κ1) is 13.7. The molecule has 0 unspecified atom stereocenters. The number of carbonyl (C=O) groups is 1. The number of nitriles is 1. The van der Waals surface area contributed by atoms with Gasteiger partial charge in [0.1, 0.15) is 6.07 Å². The molecule has 1 aromatic carbocycles. The van der Waals surface area contributed by atoms with Crippen LogP contribution >= 0.6 is 0 Å². The number of primary amides is 1. The molecule has 2 aromatic rings. The van der Waals surface area contributed by atoms with Crippen LogP contribution in [-0.4, -0.2) is 20.9 Å². The molecule has 0 saturated carbocycles. The molecule has 1 aromatic heterocycles. The Morgan fingerprint density at radius 2 is 1.90 bits per heavy atom. The number of benzene rings is 1. The molecule has 0 aliphatic rings. The largest absolute Gasteiger partial charge is 0.366 e. The van der Waals surface area contributed by atoms with Crippen LogP contribution in [0.5, 0.6) is 0 Å². The van der Waals surface area contributed by atoms with Crippen LogP contribution in [0.4, 0.5) is 0 Å². The smallest absolute Gasteiger partial charge is 0.248 e. The van der Waals surface area contributed by atoms with E-state index in [-0.39, 0.29) is 5.41 Å². The fraction of sp³-hybridized carbons (Fsp3) is 0.286. The predicted molar refractivity (Wildman–Crippen MR) is 73.3 cm³/mol. The van der Waals surface area contributed by atoms with Gasteiger partial charge in [-0.2, -0.15) is 5.26 Å². The van der Waals surface area contributed by atoms with Gasteiger partial charge in [0.05, 0.1) is 11.4 Å². The number of hydrogen-bond acceptors (Lipinski definition) is 4. The summed E-state index contributed by atoms with van der Waals surface area (Å²) in [5, 5.41) is 17.1. The molecule has 0 radical (unpaired) electrons. The lowest BCUT2D eigenvalue weighted by Gasteiger charge is -2.19. The van der Waals surface area contributed by atoms with Crippen LogP contribution in [0.2, 0.25) is 0 Å². The lowest BCUT2D eigenvalue weighted by molar-refractivity contribution is 0.100. The number of hydrogen-bond donors (Lipinski definition) is 1. The second-order valence-electron chi connectivity index (χ2n) is 5.47. The van der Waals surface area contributed by atoms with Crippen molar-refractivity contribution in [3.8, 4) is 11.8 Å². The van der Waals surface area contributed by atoms with E-state index in [1.165, 1.54) is 0 Å². The number of carbonyl (C=O) groups excluding carboxylic acids is 1. The van der Waals surface area contributed by atoms with E-state index in [1.54, 1.807) is 28.9 Å². The van der Waals surface area contributed by atoms with Crippen molar-refractivity contribution in [2.45, 2.75) is 26.2 Å². The summed E-state index contributed by atoms with van der Waals surface area (Å²) in [6.07, 6.45) is 0. The highest BCUT2D eigenvalue weighted by molar-refractivity contribution is 5.92. The highest BCUT2D eigenvalue weighted by Gasteiger charge is 2.26. The van der Waals surface area contributed by atoms with E-state index in [0.29, 0.717) is 11.3 Å². The molecule has 6 nitrogen and oxygen atoms in total. The molecular weight excluding hydrogens is 254 g/mol. The maximum absolute atomic E-state index is 11.1. The highest BCUT2D eigenvalue weighted by Crippen LogP contribution is 2.26. The summed E-state index contributed by atoms with van der Waals surface area (Å²) in [5.74, 6) is -0.483. The maximum Gasteiger partial charge on any atom is 0.248 e. The van der Waals surface area contributed by atoms with E-state index in [1.807, 2.05) is 20.8 Å². The molecule has 1 amide bonds. The van der Waals surface area contributed by atoms with Gasteiger partial charge in [-0.15, -0.1) is 5.10 Å². The predicted octanol–water partition coefficient (Wildman–Crippen LogP) is 1.54. The number of rotatable bonds is 2. The zero-order valence-corrected chi connectivity index (χ0v) is 11.6. The average Bonchev–Trinajstić information content (AvgIpc) is 2.82. The number of aromatic nitrogens is 3. The Morgan fingerprint density at radius 1 is 1.30 bits per heavy atom. The van der Waals surface area contributed by atoms with Crippen LogP contribution in [0.15, 0.2) is 24.3 Å². The van der Waals surface area contributed by atoms with Crippen molar-refractivity contribution in [3.05, 3.63) is 41.2 Å². The molecule has 102 valence electrons. The molecule has 0 bridgehead atoms. The zero-order chi connectivity index (χ0) is 14.9. The van der Waals surface area contributed by atoms with Crippen LogP contribution in [0.25, 0.3) is 5.69 Å². The number of amides is 1. The van der Waals surface area contributed by atoms with E-state index in [0.717, 1.165) is 11.4 Å². The molecule has 0 saturated heterocycles. The molecule has 0 aliphatic carbocycles. The van der Waals surface area contributed by atoms with Gasteiger partial charge < -0.3 is 5.73 Å². The highest BCUT2D eigenvalue weighted by atomic mass is 16.1. The molecule has 6 heteroatoms. The fourth-order valence-corrected chi connectivity index (χ4v) is 1.98. The maximum atomic E-state index is 11.1. The van der Waals surface area contributed by atoms with Gasteiger partial charge in [0.15, 0.2) is 5.69 Å². The van der Waals surface area contributed by atoms with Gasteiger partial charge in [-0.05, 0) is 24.3 Å². The van der Waals surface area contributed by atoms with Crippen molar-refractivity contribution >= 4 is 5.91 Å². The fourth-order valence-electron chi connectivity index (χ4n) is 1.98. The van der Waals surface area contributed by atoms with Crippen molar-refractivity contribution in [3.63, 3.8) is 0 Å². The Morgan fingerprint density at radius 3 is 2.35 bits per heavy atom. The van der Waals surface area contributed by atoms with Gasteiger partial charge in [-0.3, -0.25) is 4.79 Å². The van der Waals surface area contributed by atoms with Crippen molar-refractivity contribution in [1.29, 1.82) is 5.26 Å². The summed E-state index contributed by atoms with van der Waals surface area (Å²) in [6, 6.07) is 8.75. The molecule has 2 N–H and O–H groups in total. The van der Waals surface area contributed by atoms with Gasteiger partial charge >= 0.3 is 0 Å². The minimum Gasteiger partial charge on any atom is -0.366 e. The topological polar surface area (TPSA) is 97.6 Å². The van der Waals surface area contributed by atoms with Crippen molar-refractivity contribution in [2.75, 3.05) is 0 Å². The molecule has 0 aliphatic heterocycles. The standard InChI is InChI=1S/C14H15N5O/c1-14(2,3)12-11(8-15)17-18-19(12)10-6-4-9(5-7-10)13(16)20/h4-7H,1-3H3,(H2,16,20). The Balaban J connectivity index is 2.56. The molecule has 1 heterocycles. The van der Waals surface area contributed by atoms with Crippen LogP contribution in [0, 0.1) is 11.3 Å². The summed E-state index contributed by atoms with van der Waals surface area (Å²) in [5.41, 5.74) is 7.11. The third-order valence-corrected chi connectivity index (χ3v) is 2.88. The molecule has 0 spiro atoms. The summed E-state index contributed by atoms with van der Waals surface area (Å²) in [4.78, 5) is 11.1. The SMILES string of the molecule is CC(C)(C)c1c(C#N)nnn1-c1ccc(C(N)=O)cc1. The monoisotopic (exact) mass is 269 g/mol. The van der Waals surface area contributed by atoms with Gasteiger partial charge in [0.25, 0.3) is 0 Å². The van der Waals surface area contributed by atoms with Crippen molar-refractivity contribution in [2.24, 2.45) is 5.73 Å².